The molecule has 3 saturated heterocycles. The average Bonchev–Trinajstić information content (AvgIpc) is 3.05. The molecular formula is C27H38N4O5. The average molecular weight is 499 g/mol. The topological polar surface area (TPSA) is 91.4 Å². The first kappa shape index (κ1) is 24.9. The number of hydroxylamine groups is 2. The molecule has 2 bridgehead atoms. The van der Waals surface area contributed by atoms with Gasteiger partial charge < -0.3 is 19.9 Å². The summed E-state index contributed by atoms with van der Waals surface area (Å²) in [6.07, 6.45) is 4.91. The molecule has 1 aromatic carbocycles. The predicted octanol–water partition coefficient (Wildman–Crippen LogP) is 3.68. The molecule has 36 heavy (non-hydrogen) atoms. The number of benzene rings is 1. The van der Waals surface area contributed by atoms with E-state index in [1.165, 1.54) is 5.06 Å². The molecule has 2 atom stereocenters. The van der Waals surface area contributed by atoms with Crippen molar-refractivity contribution in [1.29, 1.82) is 0 Å². The molecule has 3 aliphatic heterocycles. The van der Waals surface area contributed by atoms with Gasteiger partial charge in [0.2, 0.25) is 5.91 Å². The number of piperidine rings is 1. The van der Waals surface area contributed by atoms with Crippen LogP contribution in [0.4, 0.5) is 9.59 Å². The molecule has 4 fully saturated rings. The Bertz CT molecular complexity index is 978. The first-order valence-corrected chi connectivity index (χ1v) is 13.2. The summed E-state index contributed by atoms with van der Waals surface area (Å²) < 4.78 is 5.48. The molecule has 0 radical (unpaired) electrons. The summed E-state index contributed by atoms with van der Waals surface area (Å²) in [4.78, 5) is 47.8. The number of ether oxygens (including phenoxy) is 1. The van der Waals surface area contributed by atoms with Crippen molar-refractivity contribution in [3.8, 4) is 0 Å². The Hall–Kier alpha value is -2.81. The number of urea groups is 1. The number of hydrogen-bond donors (Lipinski definition) is 1. The smallest absolute Gasteiger partial charge is 0.410 e. The zero-order valence-electron chi connectivity index (χ0n) is 21.6. The quantitative estimate of drug-likeness (QED) is 0.669. The lowest BCUT2D eigenvalue weighted by Gasteiger charge is -2.53. The summed E-state index contributed by atoms with van der Waals surface area (Å²) in [5.74, 6) is -0.0587. The monoisotopic (exact) mass is 498 g/mol. The number of nitrogens with zero attached hydrogens (tertiary/aromatic N) is 3. The van der Waals surface area contributed by atoms with Crippen molar-refractivity contribution in [3.63, 3.8) is 0 Å². The number of likely N-dealkylation sites (tertiary alicyclic amines) is 1. The van der Waals surface area contributed by atoms with Gasteiger partial charge in [-0.05, 0) is 64.9 Å². The number of hydrogen-bond acceptors (Lipinski definition) is 5. The molecule has 9 nitrogen and oxygen atoms in total. The number of rotatable bonds is 5. The standard InChI is InChI=1S/C27H38N4O5/c1-26(2,3)36-25(34)29-17-27(18-29)13-11-20(12-14-27)28-23(32)22-10-9-21-15-30(22)24(33)31(21)35-16-19-7-5-4-6-8-19/h4-8,20-22H,9-18H2,1-3H3,(H,28,32)/t21-,22+/m1/s1. The zero-order valence-corrected chi connectivity index (χ0v) is 21.6. The van der Waals surface area contributed by atoms with E-state index in [0.717, 1.165) is 50.8 Å². The highest BCUT2D eigenvalue weighted by molar-refractivity contribution is 5.88. The summed E-state index contributed by atoms with van der Waals surface area (Å²) in [6, 6.07) is 9.22. The summed E-state index contributed by atoms with van der Waals surface area (Å²) >= 11 is 0. The second-order valence-corrected chi connectivity index (χ2v) is 11.9. The van der Waals surface area contributed by atoms with E-state index in [2.05, 4.69) is 5.32 Å². The number of fused-ring (bicyclic) bond motifs is 2. The molecule has 5 rings (SSSR count). The summed E-state index contributed by atoms with van der Waals surface area (Å²) in [7, 11) is 0. The maximum atomic E-state index is 13.2. The normalized spacial score (nSPS) is 25.6. The van der Waals surface area contributed by atoms with E-state index >= 15 is 0 Å². The van der Waals surface area contributed by atoms with Crippen LogP contribution in [0, 0.1) is 5.41 Å². The highest BCUT2D eigenvalue weighted by Crippen LogP contribution is 2.44. The Balaban J connectivity index is 1.08. The Labute approximate surface area is 213 Å². The van der Waals surface area contributed by atoms with Gasteiger partial charge in [-0.1, -0.05) is 30.3 Å². The highest BCUT2D eigenvalue weighted by atomic mass is 16.7. The lowest BCUT2D eigenvalue weighted by molar-refractivity contribution is -0.140. The third-order valence-electron chi connectivity index (χ3n) is 7.94. The minimum atomic E-state index is -0.483. The van der Waals surface area contributed by atoms with Gasteiger partial charge in [0.15, 0.2) is 0 Å². The first-order valence-electron chi connectivity index (χ1n) is 13.2. The van der Waals surface area contributed by atoms with Gasteiger partial charge >= 0.3 is 12.1 Å². The van der Waals surface area contributed by atoms with E-state index < -0.39 is 11.6 Å². The molecule has 196 valence electrons. The Morgan fingerprint density at radius 1 is 1.06 bits per heavy atom. The third kappa shape index (κ3) is 5.16. The van der Waals surface area contributed by atoms with Gasteiger partial charge in [0, 0.05) is 31.1 Å². The van der Waals surface area contributed by atoms with Gasteiger partial charge in [0.25, 0.3) is 0 Å². The lowest BCUT2D eigenvalue weighted by atomic mass is 9.67. The van der Waals surface area contributed by atoms with Crippen LogP contribution in [0.1, 0.15) is 64.9 Å². The summed E-state index contributed by atoms with van der Waals surface area (Å²) in [5.41, 5.74) is 0.673. The minimum absolute atomic E-state index is 0.00802. The van der Waals surface area contributed by atoms with Gasteiger partial charge in [-0.3, -0.25) is 9.63 Å². The minimum Gasteiger partial charge on any atom is -0.444 e. The van der Waals surface area contributed by atoms with E-state index in [9.17, 15) is 14.4 Å². The largest absolute Gasteiger partial charge is 0.444 e. The Morgan fingerprint density at radius 2 is 1.75 bits per heavy atom. The SMILES string of the molecule is CC(C)(C)OC(=O)N1CC2(CCC(NC(=O)[C@@H]3CC[C@@H]4CN3C(=O)N4OCc3ccccc3)CC2)C1. The van der Waals surface area contributed by atoms with Crippen molar-refractivity contribution in [2.75, 3.05) is 19.6 Å². The number of carbonyl (C=O) groups excluding carboxylic acids is 3. The van der Waals surface area contributed by atoms with Crippen LogP contribution in [-0.2, 0) is 21.0 Å². The van der Waals surface area contributed by atoms with Crippen LogP contribution in [0.25, 0.3) is 0 Å². The number of amides is 4. The molecule has 0 aromatic heterocycles. The van der Waals surface area contributed by atoms with Crippen LogP contribution in [0.3, 0.4) is 0 Å². The van der Waals surface area contributed by atoms with Crippen LogP contribution in [0.5, 0.6) is 0 Å². The molecule has 1 saturated carbocycles. The second-order valence-electron chi connectivity index (χ2n) is 11.9. The number of carbonyl (C=O) groups is 3. The molecule has 1 N–H and O–H groups in total. The van der Waals surface area contributed by atoms with E-state index in [1.807, 2.05) is 51.1 Å². The van der Waals surface area contributed by atoms with Crippen molar-refractivity contribution in [2.24, 2.45) is 5.41 Å². The zero-order chi connectivity index (χ0) is 25.5. The maximum Gasteiger partial charge on any atom is 0.410 e. The van der Waals surface area contributed by atoms with Crippen LogP contribution in [-0.4, -0.2) is 76.3 Å². The van der Waals surface area contributed by atoms with Crippen LogP contribution in [0.2, 0.25) is 0 Å². The number of nitrogens with one attached hydrogen (secondary N) is 1. The summed E-state index contributed by atoms with van der Waals surface area (Å²) in [5, 5.41) is 4.69. The van der Waals surface area contributed by atoms with Crippen molar-refractivity contribution in [1.82, 2.24) is 20.2 Å². The fraction of sp³-hybridized carbons (Fsp3) is 0.667. The Kier molecular flexibility index (Phi) is 6.61. The molecule has 0 unspecified atom stereocenters. The Morgan fingerprint density at radius 3 is 2.42 bits per heavy atom. The molecule has 3 heterocycles. The van der Waals surface area contributed by atoms with Gasteiger partial charge in [-0.2, -0.15) is 5.06 Å². The van der Waals surface area contributed by atoms with Crippen LogP contribution >= 0.6 is 0 Å². The van der Waals surface area contributed by atoms with Crippen LogP contribution in [0.15, 0.2) is 30.3 Å². The molecule has 9 heteroatoms. The predicted molar refractivity (Wildman–Crippen MR) is 133 cm³/mol. The van der Waals surface area contributed by atoms with Gasteiger partial charge in [-0.25, -0.2) is 9.59 Å². The second kappa shape index (κ2) is 9.57. The van der Waals surface area contributed by atoms with Crippen molar-refractivity contribution < 1.29 is 24.0 Å². The molecule has 1 aliphatic carbocycles. The van der Waals surface area contributed by atoms with E-state index in [1.54, 1.807) is 9.80 Å². The fourth-order valence-corrected chi connectivity index (χ4v) is 6.00. The van der Waals surface area contributed by atoms with E-state index in [4.69, 9.17) is 9.57 Å². The maximum absolute atomic E-state index is 13.2. The molecular weight excluding hydrogens is 460 g/mol. The van der Waals surface area contributed by atoms with E-state index in [0.29, 0.717) is 19.6 Å². The lowest BCUT2D eigenvalue weighted by Crippen LogP contribution is -2.61. The van der Waals surface area contributed by atoms with E-state index in [-0.39, 0.29) is 35.5 Å². The molecule has 1 spiro atoms. The van der Waals surface area contributed by atoms with Crippen molar-refractivity contribution in [3.05, 3.63) is 35.9 Å². The van der Waals surface area contributed by atoms with Crippen LogP contribution < -0.4 is 5.32 Å². The fourth-order valence-electron chi connectivity index (χ4n) is 6.00. The highest BCUT2D eigenvalue weighted by Gasteiger charge is 2.50. The summed E-state index contributed by atoms with van der Waals surface area (Å²) in [6.45, 7) is 7.97. The first-order chi connectivity index (χ1) is 17.1. The molecule has 1 aromatic rings. The van der Waals surface area contributed by atoms with Crippen molar-refractivity contribution in [2.45, 2.75) is 89.6 Å². The van der Waals surface area contributed by atoms with Gasteiger partial charge in [-0.15, -0.1) is 0 Å². The third-order valence-corrected chi connectivity index (χ3v) is 7.94. The van der Waals surface area contributed by atoms with Gasteiger partial charge in [0.05, 0.1) is 6.04 Å². The molecule has 4 amide bonds. The molecule has 4 aliphatic rings. The van der Waals surface area contributed by atoms with Crippen molar-refractivity contribution >= 4 is 18.0 Å². The van der Waals surface area contributed by atoms with Gasteiger partial charge in [0.1, 0.15) is 18.2 Å².